The second-order valence-electron chi connectivity index (χ2n) is 3.44. The minimum atomic E-state index is -0.404. The van der Waals surface area contributed by atoms with E-state index in [0.29, 0.717) is 12.1 Å². The molecule has 0 aliphatic carbocycles. The van der Waals surface area contributed by atoms with Crippen molar-refractivity contribution in [2.45, 2.75) is 13.8 Å². The van der Waals surface area contributed by atoms with E-state index < -0.39 is 5.82 Å². The van der Waals surface area contributed by atoms with E-state index in [4.69, 9.17) is 5.26 Å². The van der Waals surface area contributed by atoms with Gasteiger partial charge in [0.05, 0.1) is 6.07 Å². The van der Waals surface area contributed by atoms with Gasteiger partial charge in [-0.2, -0.15) is 5.26 Å². The first-order valence-corrected chi connectivity index (χ1v) is 5.02. The van der Waals surface area contributed by atoms with E-state index in [0.717, 1.165) is 0 Å². The molecule has 0 saturated carbocycles. The third-order valence-corrected chi connectivity index (χ3v) is 2.35. The highest BCUT2D eigenvalue weighted by Gasteiger charge is 2.14. The Hall–Kier alpha value is -1.89. The lowest BCUT2D eigenvalue weighted by molar-refractivity contribution is 0.0783. The zero-order chi connectivity index (χ0) is 12.1. The fraction of sp³-hybridized carbons (Fsp3) is 0.333. The summed E-state index contributed by atoms with van der Waals surface area (Å²) in [7, 11) is 0. The van der Waals surface area contributed by atoms with E-state index in [-0.39, 0.29) is 18.0 Å². The quantitative estimate of drug-likeness (QED) is 0.732. The Morgan fingerprint density at radius 3 is 2.75 bits per heavy atom. The average molecular weight is 220 g/mol. The van der Waals surface area contributed by atoms with E-state index in [1.807, 2.05) is 6.07 Å². The maximum atomic E-state index is 13.3. The summed E-state index contributed by atoms with van der Waals surface area (Å²) in [5, 5.41) is 8.54. The molecule has 0 radical (unpaired) electrons. The first kappa shape index (κ1) is 12.2. The molecule has 0 aliphatic rings. The molecule has 1 aromatic carbocycles. The molecule has 16 heavy (non-hydrogen) atoms. The molecule has 0 bridgehead atoms. The summed E-state index contributed by atoms with van der Waals surface area (Å²) in [6.07, 6.45) is 0. The summed E-state index contributed by atoms with van der Waals surface area (Å²) < 4.78 is 13.3. The van der Waals surface area contributed by atoms with Crippen molar-refractivity contribution in [2.24, 2.45) is 0 Å². The van der Waals surface area contributed by atoms with E-state index in [2.05, 4.69) is 0 Å². The molecule has 0 aromatic heterocycles. The molecule has 0 heterocycles. The Morgan fingerprint density at radius 1 is 1.56 bits per heavy atom. The van der Waals surface area contributed by atoms with Crippen LogP contribution in [0, 0.1) is 24.1 Å². The van der Waals surface area contributed by atoms with Crippen molar-refractivity contribution in [1.82, 2.24) is 4.90 Å². The topological polar surface area (TPSA) is 44.1 Å². The first-order chi connectivity index (χ1) is 7.60. The molecule has 1 aromatic rings. The zero-order valence-corrected chi connectivity index (χ0v) is 9.33. The third kappa shape index (κ3) is 2.57. The van der Waals surface area contributed by atoms with Gasteiger partial charge in [0.15, 0.2) is 0 Å². The number of hydrogen-bond acceptors (Lipinski definition) is 2. The van der Waals surface area contributed by atoms with Gasteiger partial charge in [-0.05, 0) is 31.5 Å². The predicted molar refractivity (Wildman–Crippen MR) is 58.3 cm³/mol. The molecule has 0 N–H and O–H groups in total. The van der Waals surface area contributed by atoms with Gasteiger partial charge >= 0.3 is 0 Å². The lowest BCUT2D eigenvalue weighted by atomic mass is 10.1. The van der Waals surface area contributed by atoms with Crippen LogP contribution in [0.5, 0.6) is 0 Å². The van der Waals surface area contributed by atoms with E-state index in [9.17, 15) is 9.18 Å². The number of nitrogens with zero attached hydrogens (tertiary/aromatic N) is 2. The van der Waals surface area contributed by atoms with Crippen LogP contribution in [0.25, 0.3) is 0 Å². The maximum absolute atomic E-state index is 13.3. The molecule has 1 amide bonds. The number of hydrogen-bond donors (Lipinski definition) is 0. The summed E-state index contributed by atoms with van der Waals surface area (Å²) in [6.45, 7) is 3.86. The number of halogens is 1. The highest BCUT2D eigenvalue weighted by Crippen LogP contribution is 2.11. The number of rotatable bonds is 3. The average Bonchev–Trinajstić information content (AvgIpc) is 2.28. The molecule has 1 rings (SSSR count). The molecule has 84 valence electrons. The minimum Gasteiger partial charge on any atom is -0.326 e. The maximum Gasteiger partial charge on any atom is 0.254 e. The molecule has 0 aliphatic heterocycles. The van der Waals surface area contributed by atoms with Gasteiger partial charge in [-0.1, -0.05) is 6.07 Å². The van der Waals surface area contributed by atoms with Crippen LogP contribution in [0.3, 0.4) is 0 Å². The second kappa shape index (κ2) is 5.26. The molecule has 0 fully saturated rings. The summed E-state index contributed by atoms with van der Waals surface area (Å²) >= 11 is 0. The Bertz CT molecular complexity index is 437. The van der Waals surface area contributed by atoms with Gasteiger partial charge in [0.1, 0.15) is 12.4 Å². The van der Waals surface area contributed by atoms with E-state index in [1.54, 1.807) is 26.0 Å². The second-order valence-corrected chi connectivity index (χ2v) is 3.44. The van der Waals surface area contributed by atoms with Crippen LogP contribution in [0.2, 0.25) is 0 Å². The predicted octanol–water partition coefficient (Wildman–Crippen LogP) is 2.12. The van der Waals surface area contributed by atoms with Crippen molar-refractivity contribution in [2.75, 3.05) is 13.1 Å². The number of benzene rings is 1. The molecule has 0 spiro atoms. The summed E-state index contributed by atoms with van der Waals surface area (Å²) in [5.41, 5.74) is 0.778. The summed E-state index contributed by atoms with van der Waals surface area (Å²) in [5.74, 6) is -0.721. The number of nitriles is 1. The lowest BCUT2D eigenvalue weighted by Crippen LogP contribution is -2.31. The first-order valence-electron chi connectivity index (χ1n) is 5.02. The van der Waals surface area contributed by atoms with E-state index in [1.165, 1.54) is 11.0 Å². The highest BCUT2D eigenvalue weighted by molar-refractivity contribution is 5.94. The smallest absolute Gasteiger partial charge is 0.254 e. The zero-order valence-electron chi connectivity index (χ0n) is 9.33. The van der Waals surface area contributed by atoms with Crippen molar-refractivity contribution in [3.8, 4) is 6.07 Å². The van der Waals surface area contributed by atoms with Crippen molar-refractivity contribution in [1.29, 1.82) is 5.26 Å². The van der Waals surface area contributed by atoms with Crippen molar-refractivity contribution < 1.29 is 9.18 Å². The Morgan fingerprint density at radius 2 is 2.25 bits per heavy atom. The monoisotopic (exact) mass is 220 g/mol. The number of carbonyl (C=O) groups is 1. The number of amides is 1. The van der Waals surface area contributed by atoms with Crippen molar-refractivity contribution in [3.05, 3.63) is 35.1 Å². The molecular weight excluding hydrogens is 207 g/mol. The van der Waals surface area contributed by atoms with E-state index >= 15 is 0 Å². The van der Waals surface area contributed by atoms with Gasteiger partial charge in [-0.3, -0.25) is 4.79 Å². The molecule has 3 nitrogen and oxygen atoms in total. The Labute approximate surface area is 94.1 Å². The van der Waals surface area contributed by atoms with Gasteiger partial charge in [-0.25, -0.2) is 4.39 Å². The molecule has 0 unspecified atom stereocenters. The van der Waals surface area contributed by atoms with Crippen LogP contribution < -0.4 is 0 Å². The normalized spacial score (nSPS) is 9.62. The molecule has 0 saturated heterocycles. The lowest BCUT2D eigenvalue weighted by Gasteiger charge is -2.17. The fourth-order valence-electron chi connectivity index (χ4n) is 1.32. The van der Waals surface area contributed by atoms with Gasteiger partial charge < -0.3 is 4.90 Å². The van der Waals surface area contributed by atoms with Gasteiger partial charge in [0, 0.05) is 12.1 Å². The van der Waals surface area contributed by atoms with Crippen LogP contribution in [0.1, 0.15) is 22.8 Å². The van der Waals surface area contributed by atoms with Crippen LogP contribution in [0.4, 0.5) is 4.39 Å². The van der Waals surface area contributed by atoms with Gasteiger partial charge in [0.2, 0.25) is 0 Å². The molecule has 4 heteroatoms. The largest absolute Gasteiger partial charge is 0.326 e. The summed E-state index contributed by atoms with van der Waals surface area (Å²) in [4.78, 5) is 13.2. The molecule has 0 atom stereocenters. The number of carbonyl (C=O) groups excluding carboxylic acids is 1. The number of aryl methyl sites for hydroxylation is 1. The van der Waals surface area contributed by atoms with Gasteiger partial charge in [0.25, 0.3) is 5.91 Å². The fourth-order valence-corrected chi connectivity index (χ4v) is 1.32. The Balaban J connectivity index is 2.95. The van der Waals surface area contributed by atoms with Crippen molar-refractivity contribution in [3.63, 3.8) is 0 Å². The SMILES string of the molecule is CCN(CC#N)C(=O)c1ccc(C)c(F)c1. The minimum absolute atomic E-state index is 0.0187. The molecular formula is C12H13FN2O. The summed E-state index contributed by atoms with van der Waals surface area (Å²) in [6, 6.07) is 6.24. The van der Waals surface area contributed by atoms with Crippen LogP contribution >= 0.6 is 0 Å². The van der Waals surface area contributed by atoms with Crippen LogP contribution in [-0.2, 0) is 0 Å². The van der Waals surface area contributed by atoms with Crippen LogP contribution in [0.15, 0.2) is 18.2 Å². The standard InChI is InChI=1S/C12H13FN2O/c1-3-15(7-6-14)12(16)10-5-4-9(2)11(13)8-10/h4-5,8H,3,7H2,1-2H3. The van der Waals surface area contributed by atoms with Gasteiger partial charge in [-0.15, -0.1) is 0 Å². The highest BCUT2D eigenvalue weighted by atomic mass is 19.1. The third-order valence-electron chi connectivity index (χ3n) is 2.35. The van der Waals surface area contributed by atoms with Crippen molar-refractivity contribution >= 4 is 5.91 Å². The Kier molecular flexibility index (Phi) is 4.01. The van der Waals surface area contributed by atoms with Crippen LogP contribution in [-0.4, -0.2) is 23.9 Å².